The van der Waals surface area contributed by atoms with Crippen molar-refractivity contribution in [3.8, 4) is 0 Å². The highest BCUT2D eigenvalue weighted by atomic mass is 35.5. The van der Waals surface area contributed by atoms with Crippen molar-refractivity contribution < 1.29 is 4.39 Å². The van der Waals surface area contributed by atoms with Crippen LogP contribution in [0.3, 0.4) is 0 Å². The zero-order valence-electron chi connectivity index (χ0n) is 11.8. The molecule has 0 spiro atoms. The van der Waals surface area contributed by atoms with Gasteiger partial charge in [0.15, 0.2) is 0 Å². The zero-order chi connectivity index (χ0) is 14.7. The summed E-state index contributed by atoms with van der Waals surface area (Å²) in [4.78, 5) is 2.41. The van der Waals surface area contributed by atoms with Crippen molar-refractivity contribution in [1.29, 1.82) is 0 Å². The van der Waals surface area contributed by atoms with Crippen molar-refractivity contribution in [3.05, 3.63) is 58.9 Å². The van der Waals surface area contributed by atoms with Crippen LogP contribution in [0.1, 0.15) is 18.4 Å². The normalized spacial score (nSPS) is 14.5. The second-order valence-electron chi connectivity index (χ2n) is 5.34. The molecule has 4 heteroatoms. The van der Waals surface area contributed by atoms with Crippen molar-refractivity contribution in [2.75, 3.05) is 23.3 Å². The van der Waals surface area contributed by atoms with E-state index >= 15 is 0 Å². The fourth-order valence-electron chi connectivity index (χ4n) is 2.61. The number of nitrogens with one attached hydrogen (secondary N) is 1. The minimum atomic E-state index is -0.391. The third-order valence-electron chi connectivity index (χ3n) is 3.82. The van der Waals surface area contributed by atoms with Crippen molar-refractivity contribution in [3.63, 3.8) is 0 Å². The first kappa shape index (κ1) is 14.2. The van der Waals surface area contributed by atoms with E-state index in [9.17, 15) is 4.39 Å². The Morgan fingerprint density at radius 3 is 2.43 bits per heavy atom. The van der Waals surface area contributed by atoms with Gasteiger partial charge in [0.2, 0.25) is 0 Å². The third kappa shape index (κ3) is 3.48. The predicted molar refractivity (Wildman–Crippen MR) is 86.6 cm³/mol. The standard InChI is InChI=1S/C17H18ClFN2/c18-16-11-14(5-8-17(16)19)20-12-13-3-6-15(7-4-13)21-9-1-2-10-21/h3-8,11,20H,1-2,9-10,12H2. The van der Waals surface area contributed by atoms with Crippen LogP contribution in [0.2, 0.25) is 5.02 Å². The fraction of sp³-hybridized carbons (Fsp3) is 0.294. The lowest BCUT2D eigenvalue weighted by Crippen LogP contribution is -2.17. The summed E-state index contributed by atoms with van der Waals surface area (Å²) in [5.41, 5.74) is 3.31. The molecule has 1 fully saturated rings. The monoisotopic (exact) mass is 304 g/mol. The average Bonchev–Trinajstić information content (AvgIpc) is 3.03. The SMILES string of the molecule is Fc1ccc(NCc2ccc(N3CCCC3)cc2)cc1Cl. The number of halogens is 2. The number of benzene rings is 2. The van der Waals surface area contributed by atoms with Crippen LogP contribution in [0, 0.1) is 5.82 Å². The molecule has 0 unspecified atom stereocenters. The molecular formula is C17H18ClFN2. The topological polar surface area (TPSA) is 15.3 Å². The van der Waals surface area contributed by atoms with E-state index in [1.54, 1.807) is 12.1 Å². The van der Waals surface area contributed by atoms with Gasteiger partial charge in [-0.25, -0.2) is 4.39 Å². The van der Waals surface area contributed by atoms with Crippen LogP contribution >= 0.6 is 11.6 Å². The Morgan fingerprint density at radius 2 is 1.76 bits per heavy atom. The lowest BCUT2D eigenvalue weighted by atomic mass is 10.2. The highest BCUT2D eigenvalue weighted by Crippen LogP contribution is 2.22. The molecule has 0 aliphatic carbocycles. The molecule has 1 aliphatic heterocycles. The first-order valence-electron chi connectivity index (χ1n) is 7.25. The molecule has 0 radical (unpaired) electrons. The van der Waals surface area contributed by atoms with Crippen molar-refractivity contribution in [2.45, 2.75) is 19.4 Å². The van der Waals surface area contributed by atoms with Gasteiger partial charge >= 0.3 is 0 Å². The van der Waals surface area contributed by atoms with Gasteiger partial charge in [-0.05, 0) is 48.7 Å². The maximum Gasteiger partial charge on any atom is 0.141 e. The molecule has 0 saturated carbocycles. The zero-order valence-corrected chi connectivity index (χ0v) is 12.5. The molecule has 1 heterocycles. The minimum absolute atomic E-state index is 0.143. The smallest absolute Gasteiger partial charge is 0.141 e. The van der Waals surface area contributed by atoms with Crippen LogP contribution in [0.5, 0.6) is 0 Å². The lowest BCUT2D eigenvalue weighted by Gasteiger charge is -2.17. The fourth-order valence-corrected chi connectivity index (χ4v) is 2.79. The highest BCUT2D eigenvalue weighted by molar-refractivity contribution is 6.31. The highest BCUT2D eigenvalue weighted by Gasteiger charge is 2.11. The molecule has 2 aromatic rings. The molecule has 0 atom stereocenters. The molecule has 2 nitrogen and oxygen atoms in total. The number of nitrogens with zero attached hydrogens (tertiary/aromatic N) is 1. The maximum atomic E-state index is 13.1. The summed E-state index contributed by atoms with van der Waals surface area (Å²) < 4.78 is 13.1. The molecule has 3 rings (SSSR count). The molecular weight excluding hydrogens is 287 g/mol. The van der Waals surface area contributed by atoms with Gasteiger partial charge in [-0.15, -0.1) is 0 Å². The molecule has 0 bridgehead atoms. The van der Waals surface area contributed by atoms with Crippen LogP contribution < -0.4 is 10.2 Å². The van der Waals surface area contributed by atoms with Gasteiger partial charge in [0.25, 0.3) is 0 Å². The third-order valence-corrected chi connectivity index (χ3v) is 4.11. The molecule has 2 aromatic carbocycles. The summed E-state index contributed by atoms with van der Waals surface area (Å²) in [6.45, 7) is 3.01. The Balaban J connectivity index is 1.61. The average molecular weight is 305 g/mol. The number of anilines is 2. The summed E-state index contributed by atoms with van der Waals surface area (Å²) in [7, 11) is 0. The number of hydrogen-bond donors (Lipinski definition) is 1. The van der Waals surface area contributed by atoms with Crippen LogP contribution in [0.25, 0.3) is 0 Å². The van der Waals surface area contributed by atoms with Crippen LogP contribution in [-0.4, -0.2) is 13.1 Å². The Labute approximate surface area is 129 Å². The van der Waals surface area contributed by atoms with E-state index in [1.165, 1.54) is 30.2 Å². The Kier molecular flexibility index (Phi) is 4.30. The minimum Gasteiger partial charge on any atom is -0.381 e. The second kappa shape index (κ2) is 6.35. The van der Waals surface area contributed by atoms with E-state index in [-0.39, 0.29) is 5.02 Å². The molecule has 21 heavy (non-hydrogen) atoms. The molecule has 0 aromatic heterocycles. The molecule has 110 valence electrons. The quantitative estimate of drug-likeness (QED) is 0.881. The van der Waals surface area contributed by atoms with E-state index in [1.807, 2.05) is 0 Å². The van der Waals surface area contributed by atoms with Gasteiger partial charge in [0, 0.05) is 31.0 Å². The van der Waals surface area contributed by atoms with E-state index in [0.29, 0.717) is 6.54 Å². The van der Waals surface area contributed by atoms with Crippen LogP contribution in [-0.2, 0) is 6.54 Å². The summed E-state index contributed by atoms with van der Waals surface area (Å²) in [6.07, 6.45) is 2.57. The van der Waals surface area contributed by atoms with E-state index in [0.717, 1.165) is 18.8 Å². The van der Waals surface area contributed by atoms with Crippen molar-refractivity contribution in [2.24, 2.45) is 0 Å². The lowest BCUT2D eigenvalue weighted by molar-refractivity contribution is 0.628. The van der Waals surface area contributed by atoms with Crippen LogP contribution in [0.4, 0.5) is 15.8 Å². The first-order chi connectivity index (χ1) is 10.2. The summed E-state index contributed by atoms with van der Waals surface area (Å²) >= 11 is 5.77. The van der Waals surface area contributed by atoms with E-state index < -0.39 is 5.82 Å². The van der Waals surface area contributed by atoms with Gasteiger partial charge in [-0.2, -0.15) is 0 Å². The predicted octanol–water partition coefficient (Wildman–Crippen LogP) is 4.69. The summed E-state index contributed by atoms with van der Waals surface area (Å²) in [5.74, 6) is -0.391. The number of rotatable bonds is 4. The molecule has 1 N–H and O–H groups in total. The summed E-state index contributed by atoms with van der Waals surface area (Å²) in [6, 6.07) is 13.3. The number of hydrogen-bond acceptors (Lipinski definition) is 2. The van der Waals surface area contributed by atoms with Gasteiger partial charge in [-0.1, -0.05) is 23.7 Å². The van der Waals surface area contributed by atoms with Crippen molar-refractivity contribution in [1.82, 2.24) is 0 Å². The van der Waals surface area contributed by atoms with Crippen LogP contribution in [0.15, 0.2) is 42.5 Å². The Bertz CT molecular complexity index is 607. The Morgan fingerprint density at radius 1 is 1.05 bits per heavy atom. The van der Waals surface area contributed by atoms with Gasteiger partial charge in [-0.3, -0.25) is 0 Å². The molecule has 0 amide bonds. The molecule has 1 saturated heterocycles. The van der Waals surface area contributed by atoms with E-state index in [2.05, 4.69) is 34.5 Å². The maximum absolute atomic E-state index is 13.1. The van der Waals surface area contributed by atoms with E-state index in [4.69, 9.17) is 11.6 Å². The largest absolute Gasteiger partial charge is 0.381 e. The summed E-state index contributed by atoms with van der Waals surface area (Å²) in [5, 5.41) is 3.40. The van der Waals surface area contributed by atoms with Crippen molar-refractivity contribution >= 4 is 23.0 Å². The molecule has 1 aliphatic rings. The van der Waals surface area contributed by atoms with Gasteiger partial charge in [0.05, 0.1) is 5.02 Å². The Hall–Kier alpha value is -1.74. The second-order valence-corrected chi connectivity index (χ2v) is 5.75. The van der Waals surface area contributed by atoms with Gasteiger partial charge in [0.1, 0.15) is 5.82 Å². The van der Waals surface area contributed by atoms with Gasteiger partial charge < -0.3 is 10.2 Å². The first-order valence-corrected chi connectivity index (χ1v) is 7.63.